The Morgan fingerprint density at radius 1 is 1.25 bits per heavy atom. The highest BCUT2D eigenvalue weighted by Gasteiger charge is 2.16. The summed E-state index contributed by atoms with van der Waals surface area (Å²) in [6.45, 7) is 5.36. The van der Waals surface area contributed by atoms with Crippen molar-refractivity contribution in [1.82, 2.24) is 5.32 Å². The average Bonchev–Trinajstić information content (AvgIpc) is 2.35. The molecule has 1 aromatic rings. The van der Waals surface area contributed by atoms with Crippen molar-refractivity contribution in [2.45, 2.75) is 26.8 Å². The molecule has 0 aliphatic rings. The van der Waals surface area contributed by atoms with Crippen molar-refractivity contribution in [3.63, 3.8) is 0 Å². The van der Waals surface area contributed by atoms with Gasteiger partial charge in [-0.25, -0.2) is 4.79 Å². The number of ether oxygens (including phenoxy) is 1. The van der Waals surface area contributed by atoms with Crippen LogP contribution in [0.25, 0.3) is 0 Å². The van der Waals surface area contributed by atoms with Gasteiger partial charge in [0.1, 0.15) is 17.1 Å². The first-order valence-electron chi connectivity index (χ1n) is 6.29. The summed E-state index contributed by atoms with van der Waals surface area (Å²) in [4.78, 5) is 23.2. The lowest BCUT2D eigenvalue weighted by atomic mass is 10.1. The van der Waals surface area contributed by atoms with Crippen LogP contribution >= 0.6 is 0 Å². The second-order valence-corrected chi connectivity index (χ2v) is 4.88. The fraction of sp³-hybridized carbons (Fsp3) is 0.429. The second-order valence-electron chi connectivity index (χ2n) is 4.88. The van der Waals surface area contributed by atoms with Gasteiger partial charge < -0.3 is 20.3 Å². The minimum absolute atomic E-state index is 0.0247. The van der Waals surface area contributed by atoms with E-state index < -0.39 is 24.2 Å². The van der Waals surface area contributed by atoms with E-state index in [1.54, 1.807) is 0 Å². The van der Waals surface area contributed by atoms with Crippen LogP contribution in [0.4, 0.5) is 0 Å². The van der Waals surface area contributed by atoms with E-state index >= 15 is 0 Å². The normalized spacial score (nSPS) is 12.0. The third-order valence-corrected chi connectivity index (χ3v) is 2.92. The van der Waals surface area contributed by atoms with Gasteiger partial charge in [-0.1, -0.05) is 13.8 Å². The summed E-state index contributed by atoms with van der Waals surface area (Å²) < 4.78 is 4.80. The average molecular weight is 281 g/mol. The third kappa shape index (κ3) is 4.46. The van der Waals surface area contributed by atoms with Crippen molar-refractivity contribution >= 4 is 11.9 Å². The van der Waals surface area contributed by atoms with Gasteiger partial charge in [-0.2, -0.15) is 0 Å². The lowest BCUT2D eigenvalue weighted by Crippen LogP contribution is -2.38. The number of carbonyl (C=O) groups excluding carboxylic acids is 2. The molecule has 0 heterocycles. The fourth-order valence-corrected chi connectivity index (χ4v) is 1.36. The van der Waals surface area contributed by atoms with Crippen molar-refractivity contribution in [3.05, 3.63) is 23.8 Å². The van der Waals surface area contributed by atoms with Crippen LogP contribution in [-0.4, -0.2) is 34.7 Å². The van der Waals surface area contributed by atoms with Gasteiger partial charge >= 0.3 is 5.97 Å². The molecule has 110 valence electrons. The zero-order chi connectivity index (χ0) is 15.3. The molecule has 3 N–H and O–H groups in total. The summed E-state index contributed by atoms with van der Waals surface area (Å²) in [7, 11) is 0. The molecule has 0 aromatic heterocycles. The van der Waals surface area contributed by atoms with Crippen LogP contribution in [0.1, 0.15) is 31.1 Å². The number of hydrogen-bond donors (Lipinski definition) is 3. The molecule has 1 aromatic carbocycles. The molecule has 1 unspecified atom stereocenters. The fourth-order valence-electron chi connectivity index (χ4n) is 1.36. The quantitative estimate of drug-likeness (QED) is 0.709. The summed E-state index contributed by atoms with van der Waals surface area (Å²) in [5.41, 5.74) is -0.104. The molecule has 0 bridgehead atoms. The first-order valence-corrected chi connectivity index (χ1v) is 6.29. The Labute approximate surface area is 117 Å². The summed E-state index contributed by atoms with van der Waals surface area (Å²) in [5, 5.41) is 21.3. The predicted octanol–water partition coefficient (Wildman–Crippen LogP) is 1.42. The molecule has 0 saturated heterocycles. The Morgan fingerprint density at radius 3 is 2.45 bits per heavy atom. The molecule has 6 nitrogen and oxygen atoms in total. The number of hydrogen-bond acceptors (Lipinski definition) is 5. The SMILES string of the molecule is CC(C)C(C)NC(=O)COC(=O)c1ccc(O)cc1O. The molecule has 0 aliphatic carbocycles. The number of aromatic hydroxyl groups is 2. The summed E-state index contributed by atoms with van der Waals surface area (Å²) >= 11 is 0. The number of phenolic OH excluding ortho intramolecular Hbond substituents is 2. The summed E-state index contributed by atoms with van der Waals surface area (Å²) in [5.74, 6) is -1.52. The van der Waals surface area contributed by atoms with Gasteiger partial charge in [0.25, 0.3) is 5.91 Å². The molecule has 0 radical (unpaired) electrons. The Morgan fingerprint density at radius 2 is 1.90 bits per heavy atom. The van der Waals surface area contributed by atoms with Gasteiger partial charge in [0.05, 0.1) is 0 Å². The van der Waals surface area contributed by atoms with Gasteiger partial charge in [0.15, 0.2) is 6.61 Å². The smallest absolute Gasteiger partial charge is 0.342 e. The highest BCUT2D eigenvalue weighted by atomic mass is 16.5. The molecule has 6 heteroatoms. The number of carbonyl (C=O) groups is 2. The van der Waals surface area contributed by atoms with Gasteiger partial charge in [-0.15, -0.1) is 0 Å². The van der Waals surface area contributed by atoms with E-state index in [1.807, 2.05) is 20.8 Å². The molecule has 0 aliphatic heterocycles. The van der Waals surface area contributed by atoms with Crippen LogP contribution in [0.5, 0.6) is 11.5 Å². The lowest BCUT2D eigenvalue weighted by molar-refractivity contribution is -0.125. The van der Waals surface area contributed by atoms with Gasteiger partial charge in [-0.3, -0.25) is 4.79 Å². The topological polar surface area (TPSA) is 95.9 Å². The zero-order valence-electron chi connectivity index (χ0n) is 11.7. The van der Waals surface area contributed by atoms with Crippen LogP contribution in [-0.2, 0) is 9.53 Å². The van der Waals surface area contributed by atoms with Crippen LogP contribution in [0, 0.1) is 5.92 Å². The maximum absolute atomic E-state index is 11.7. The van der Waals surface area contributed by atoms with Gasteiger partial charge in [0.2, 0.25) is 0 Å². The maximum atomic E-state index is 11.7. The standard InChI is InChI=1S/C14H19NO5/c1-8(2)9(3)15-13(18)7-20-14(19)11-5-4-10(16)6-12(11)17/h4-6,8-9,16-17H,7H2,1-3H3,(H,15,18). The van der Waals surface area contributed by atoms with E-state index in [2.05, 4.69) is 5.32 Å². The molecule has 1 rings (SSSR count). The minimum atomic E-state index is -0.824. The number of benzene rings is 1. The van der Waals surface area contributed by atoms with E-state index in [9.17, 15) is 14.7 Å². The van der Waals surface area contributed by atoms with E-state index in [1.165, 1.54) is 12.1 Å². The molecule has 1 amide bonds. The molecule has 0 saturated carbocycles. The van der Waals surface area contributed by atoms with Crippen molar-refractivity contribution in [1.29, 1.82) is 0 Å². The molecular formula is C14H19NO5. The van der Waals surface area contributed by atoms with Crippen molar-refractivity contribution in [2.75, 3.05) is 6.61 Å². The van der Waals surface area contributed by atoms with Crippen LogP contribution < -0.4 is 5.32 Å². The first kappa shape index (κ1) is 15.8. The molecular weight excluding hydrogens is 262 g/mol. The zero-order valence-corrected chi connectivity index (χ0v) is 11.7. The largest absolute Gasteiger partial charge is 0.508 e. The Balaban J connectivity index is 2.53. The number of phenols is 2. The lowest BCUT2D eigenvalue weighted by Gasteiger charge is -2.17. The highest BCUT2D eigenvalue weighted by Crippen LogP contribution is 2.23. The maximum Gasteiger partial charge on any atom is 0.342 e. The first-order chi connectivity index (χ1) is 9.31. The van der Waals surface area contributed by atoms with Crippen LogP contribution in [0.3, 0.4) is 0 Å². The second kappa shape index (κ2) is 6.79. The van der Waals surface area contributed by atoms with Gasteiger partial charge in [0, 0.05) is 12.1 Å². The number of rotatable bonds is 5. The molecule has 1 atom stereocenters. The number of nitrogens with one attached hydrogen (secondary N) is 1. The van der Waals surface area contributed by atoms with Crippen LogP contribution in [0.2, 0.25) is 0 Å². The van der Waals surface area contributed by atoms with Crippen molar-refractivity contribution in [3.8, 4) is 11.5 Å². The highest BCUT2D eigenvalue weighted by molar-refractivity contribution is 5.94. The predicted molar refractivity (Wildman–Crippen MR) is 72.5 cm³/mol. The van der Waals surface area contributed by atoms with E-state index in [4.69, 9.17) is 9.84 Å². The molecule has 20 heavy (non-hydrogen) atoms. The Hall–Kier alpha value is -2.24. The minimum Gasteiger partial charge on any atom is -0.508 e. The summed E-state index contributed by atoms with van der Waals surface area (Å²) in [6, 6.07) is 3.47. The third-order valence-electron chi connectivity index (χ3n) is 2.92. The molecule has 0 spiro atoms. The van der Waals surface area contributed by atoms with E-state index in [0.29, 0.717) is 0 Å². The van der Waals surface area contributed by atoms with Crippen molar-refractivity contribution in [2.24, 2.45) is 5.92 Å². The van der Waals surface area contributed by atoms with E-state index in [0.717, 1.165) is 6.07 Å². The van der Waals surface area contributed by atoms with Crippen LogP contribution in [0.15, 0.2) is 18.2 Å². The Kier molecular flexibility index (Phi) is 5.37. The molecule has 0 fully saturated rings. The summed E-state index contributed by atoms with van der Waals surface area (Å²) in [6.07, 6.45) is 0. The van der Waals surface area contributed by atoms with E-state index in [-0.39, 0.29) is 23.3 Å². The number of amides is 1. The number of esters is 1. The monoisotopic (exact) mass is 281 g/mol. The Bertz CT molecular complexity index is 498. The van der Waals surface area contributed by atoms with Crippen molar-refractivity contribution < 1.29 is 24.5 Å². The van der Waals surface area contributed by atoms with Gasteiger partial charge in [-0.05, 0) is 25.0 Å².